The monoisotopic (exact) mass is 1590 g/mol. The number of carbonyl (C=O) groups excluding carboxylic acids is 7. The molecule has 0 aliphatic heterocycles. The van der Waals surface area contributed by atoms with Gasteiger partial charge in [-0.25, -0.2) is 33.9 Å². The van der Waals surface area contributed by atoms with E-state index in [1.54, 1.807) is 59.4 Å². The summed E-state index contributed by atoms with van der Waals surface area (Å²) in [5.74, 6) is -3.87. The predicted octanol–water partition coefficient (Wildman–Crippen LogP) is 10.7. The van der Waals surface area contributed by atoms with Gasteiger partial charge in [-0.15, -0.1) is 0 Å². The smallest absolute Gasteiger partial charge is 0.342 e. The number of carbonyl (C=O) groups is 8. The summed E-state index contributed by atoms with van der Waals surface area (Å²) in [5, 5.41) is 52.5. The van der Waals surface area contributed by atoms with Crippen LogP contribution in [0.15, 0.2) is 161 Å². The van der Waals surface area contributed by atoms with Crippen LogP contribution in [0.5, 0.6) is 0 Å². The number of Topliss-reactive ketones (excluding diaryl/α,β-unsaturated/α-hetero) is 1. The van der Waals surface area contributed by atoms with Crippen LogP contribution in [-0.4, -0.2) is 152 Å². The van der Waals surface area contributed by atoms with E-state index in [-0.39, 0.29) is 92.8 Å². The van der Waals surface area contributed by atoms with Crippen molar-refractivity contribution in [3.63, 3.8) is 0 Å². The molecule has 0 saturated heterocycles. The van der Waals surface area contributed by atoms with Crippen molar-refractivity contribution in [2.75, 3.05) is 47.9 Å². The van der Waals surface area contributed by atoms with Crippen molar-refractivity contribution in [1.29, 1.82) is 0 Å². The zero-order valence-electron chi connectivity index (χ0n) is 62.4. The number of hydrogen-bond donors (Lipinski definition) is 7. The summed E-state index contributed by atoms with van der Waals surface area (Å²) in [6, 6.07) is 39.7. The Balaban J connectivity index is 0.00000132. The number of aromatic nitrogens is 4. The Morgan fingerprint density at radius 2 is 0.806 bits per heavy atom. The van der Waals surface area contributed by atoms with Gasteiger partial charge in [0, 0.05) is 87.6 Å². The minimum Gasteiger partial charge on any atom is -0.477 e. The Hall–Kier alpha value is -12.1. The van der Waals surface area contributed by atoms with E-state index < -0.39 is 74.9 Å². The third-order valence-electron chi connectivity index (χ3n) is 14.0. The molecule has 0 aliphatic rings. The van der Waals surface area contributed by atoms with Crippen LogP contribution in [0, 0.1) is 27.7 Å². The number of nitro groups is 2. The van der Waals surface area contributed by atoms with Crippen LogP contribution in [-0.2, 0) is 39.4 Å². The molecule has 582 valence electrons. The van der Waals surface area contributed by atoms with Crippen LogP contribution < -0.4 is 33.2 Å². The van der Waals surface area contributed by atoms with E-state index in [9.17, 15) is 68.2 Å². The standard InChI is InChI=1S/2C19H18N2O3.C12H14N2O5.C12H16N2O3.C9H7NO6.C3H9N.CH4O.CH3.Pd.H2/c1-12(2)21-17(13-7-5-4-6-8-13)20-16-11-14(19(23)24-3)9-10-15(16)18(21)22;1-12(2)21-18(13-6-4-3-5-7-13)20-16-10-14(17(23)11-22)8-9-15(16)19(21)24;1-7(2)13-11(15)9-5-4-8(12(16)19-3)6-10(9)14(17)18;1-7(2)14-11(15)9-5-4-8(6-10(9)13)12(16)17-3;1-16-9(13)5-2-3-6(8(11)12)7(4-5)10(14)15;1-3(2)4;1-2;;;/h4-12H,1-3H3;3-10,12,22H,11H2,1-2H3;4-7H,1-3H3,(H,13,15);4-7H,13H2,1-3H3,(H,14,15);2-4H,1H3,(H,11,12);3H,4H2,1-2H3;2H,1H3;1H3;;1H/q;;;;;;;-1;;. The summed E-state index contributed by atoms with van der Waals surface area (Å²) < 4.78 is 21.5. The molecule has 31 nitrogen and oxygen atoms in total. The molecule has 9 aromatic rings. The minimum absolute atomic E-state index is 0. The number of nitro benzene ring substituents is 2. The van der Waals surface area contributed by atoms with Gasteiger partial charge in [-0.3, -0.25) is 53.3 Å². The first-order valence-electron chi connectivity index (χ1n) is 32.3. The van der Waals surface area contributed by atoms with E-state index in [1.165, 1.54) is 51.7 Å². The maximum absolute atomic E-state index is 12.9. The number of nitrogen functional groups attached to an aromatic ring is 1. The number of methoxy groups -OCH3 is 4. The van der Waals surface area contributed by atoms with Gasteiger partial charge in [0.1, 0.15) is 29.4 Å². The first kappa shape index (κ1) is 93.9. The number of hydrogen-bond acceptors (Lipinski definition) is 24. The van der Waals surface area contributed by atoms with Gasteiger partial charge in [-0.1, -0.05) is 80.6 Å². The number of ketones is 1. The maximum atomic E-state index is 12.9. The minimum atomic E-state index is -1.43. The molecule has 0 atom stereocenters. The van der Waals surface area contributed by atoms with Crippen molar-refractivity contribution in [3.8, 4) is 22.8 Å². The average molecular weight is 1590 g/mol. The average Bonchev–Trinajstić information content (AvgIpc) is 0.771. The largest absolute Gasteiger partial charge is 0.477 e. The van der Waals surface area contributed by atoms with Gasteiger partial charge < -0.3 is 63.8 Å². The van der Waals surface area contributed by atoms with E-state index in [0.717, 1.165) is 49.6 Å². The number of esters is 4. The molecule has 0 saturated carbocycles. The van der Waals surface area contributed by atoms with Gasteiger partial charge in [-0.05, 0) is 134 Å². The second kappa shape index (κ2) is 45.3. The third kappa shape index (κ3) is 26.5. The zero-order valence-corrected chi connectivity index (χ0v) is 63.9. The Labute approximate surface area is 637 Å². The van der Waals surface area contributed by atoms with Gasteiger partial charge in [0.05, 0.1) is 87.9 Å². The Morgan fingerprint density at radius 3 is 1.13 bits per heavy atom. The molecule has 2 aromatic heterocycles. The normalized spacial score (nSPS) is 10.1. The van der Waals surface area contributed by atoms with Crippen LogP contribution in [0.3, 0.4) is 0 Å². The second-order valence-corrected chi connectivity index (χ2v) is 23.7. The van der Waals surface area contributed by atoms with Crippen molar-refractivity contribution >= 4 is 86.3 Å². The molecule has 9 rings (SSSR count). The summed E-state index contributed by atoms with van der Waals surface area (Å²) in [5.41, 5.74) is 13.2. The molecule has 0 bridgehead atoms. The molecule has 32 heteroatoms. The Kier molecular flexibility index (Phi) is 39.4. The fraction of sp³-hybridized carbons (Fsp3) is 0.276. The molecular weight excluding hydrogens is 1500 g/mol. The summed E-state index contributed by atoms with van der Waals surface area (Å²) in [4.78, 5) is 146. The van der Waals surface area contributed by atoms with Crippen LogP contribution in [0.25, 0.3) is 44.6 Å². The molecular formula is C76H91N10O21Pd-. The van der Waals surface area contributed by atoms with Gasteiger partial charge >= 0.3 is 29.8 Å². The van der Waals surface area contributed by atoms with Gasteiger partial charge in [-0.2, -0.15) is 0 Å². The van der Waals surface area contributed by atoms with Crippen molar-refractivity contribution in [2.24, 2.45) is 5.73 Å². The molecule has 2 amide bonds. The summed E-state index contributed by atoms with van der Waals surface area (Å²) in [6.07, 6.45) is 0. The molecule has 9 N–H and O–H groups in total. The molecule has 7 aromatic carbocycles. The number of nitrogens with one attached hydrogen (secondary N) is 2. The van der Waals surface area contributed by atoms with Crippen molar-refractivity contribution in [2.45, 2.75) is 99.4 Å². The molecule has 108 heavy (non-hydrogen) atoms. The number of anilines is 1. The molecule has 0 unspecified atom stereocenters. The van der Waals surface area contributed by atoms with E-state index in [4.69, 9.17) is 31.5 Å². The predicted molar refractivity (Wildman–Crippen MR) is 406 cm³/mol. The quantitative estimate of drug-likeness (QED) is 0.00651. The molecule has 0 fully saturated rings. The third-order valence-corrected chi connectivity index (χ3v) is 14.0. The van der Waals surface area contributed by atoms with Crippen molar-refractivity contribution in [1.82, 2.24) is 29.7 Å². The first-order valence-corrected chi connectivity index (χ1v) is 32.3. The van der Waals surface area contributed by atoms with Crippen LogP contribution in [0.4, 0.5) is 17.1 Å². The fourth-order valence-corrected chi connectivity index (χ4v) is 9.37. The Bertz CT molecular complexity index is 4600. The number of nitrogens with two attached hydrogens (primary N) is 2. The maximum Gasteiger partial charge on any atom is 0.342 e. The number of carboxylic acid groups (broad SMARTS) is 1. The van der Waals surface area contributed by atoms with E-state index in [2.05, 4.69) is 34.8 Å². The van der Waals surface area contributed by atoms with Gasteiger partial charge in [0.25, 0.3) is 34.3 Å². The van der Waals surface area contributed by atoms with Crippen molar-refractivity contribution in [3.05, 3.63) is 245 Å². The number of ether oxygens (including phenoxy) is 4. The first-order chi connectivity index (χ1) is 50.1. The number of fused-ring (bicyclic) bond motifs is 2. The summed E-state index contributed by atoms with van der Waals surface area (Å²) >= 11 is 0. The van der Waals surface area contributed by atoms with E-state index >= 15 is 0 Å². The molecule has 0 aliphatic carbocycles. The summed E-state index contributed by atoms with van der Waals surface area (Å²) in [6.45, 7) is 18.3. The number of nitrogens with zero attached hydrogens (tertiary/aromatic N) is 6. The zero-order chi connectivity index (χ0) is 80.0. The van der Waals surface area contributed by atoms with Crippen LogP contribution >= 0.6 is 0 Å². The molecule has 0 spiro atoms. The number of benzene rings is 7. The number of aliphatic hydroxyl groups excluding tert-OH is 2. The fourth-order valence-electron chi connectivity index (χ4n) is 9.37. The SMILES string of the molecule is CC(C)N.CC(C)n1c(-c2ccccc2)nc2cc(C(=O)CO)ccc2c1=O.CO.COC(=O)c1ccc(C(=O)NC(C)C)c(N)c1.COC(=O)c1ccc(C(=O)NC(C)C)c([N+](=O)[O-])c1.COC(=O)c1ccc(C(=O)O)c([N+](=O)[O-])c1.COC(=O)c1ccc2c(=O)n(C(C)C)c(-c3ccccc3)nc2c1.[CH3-].[HH].[Pd]. The molecule has 2 heterocycles. The van der Waals surface area contributed by atoms with Crippen molar-refractivity contribution < 1.29 is 104 Å². The van der Waals surface area contributed by atoms with E-state index in [1.807, 2.05) is 116 Å². The Morgan fingerprint density at radius 1 is 0.500 bits per heavy atom. The second-order valence-electron chi connectivity index (χ2n) is 23.7. The van der Waals surface area contributed by atoms with Crippen LogP contribution in [0.1, 0.15) is 166 Å². The van der Waals surface area contributed by atoms with E-state index in [0.29, 0.717) is 61.8 Å². The van der Waals surface area contributed by atoms with Gasteiger partial charge in [0.15, 0.2) is 5.78 Å². The van der Waals surface area contributed by atoms with Crippen LogP contribution in [0.2, 0.25) is 0 Å². The number of carboxylic acids is 1. The number of aromatic carboxylic acids is 1. The van der Waals surface area contributed by atoms with Gasteiger partial charge in [0.2, 0.25) is 0 Å². The topological polar surface area (TPSA) is 466 Å². The number of aliphatic hydroxyl groups is 2. The number of amides is 2. The molecule has 0 radical (unpaired) electrons. The summed E-state index contributed by atoms with van der Waals surface area (Å²) in [7, 11) is 5.91. The number of rotatable bonds is 17.